The van der Waals surface area contributed by atoms with Crippen LogP contribution in [0.25, 0.3) is 0 Å². The summed E-state index contributed by atoms with van der Waals surface area (Å²) in [6, 6.07) is 7.23. The summed E-state index contributed by atoms with van der Waals surface area (Å²) in [5, 5.41) is 5.66. The third-order valence-electron chi connectivity index (χ3n) is 5.96. The molecule has 6 heteroatoms. The molecular weight excluding hydrogens is 354 g/mol. The first-order valence-electron chi connectivity index (χ1n) is 10.4. The molecule has 6 nitrogen and oxygen atoms in total. The minimum atomic E-state index is -1.13. The van der Waals surface area contributed by atoms with Crippen molar-refractivity contribution in [1.82, 2.24) is 15.5 Å². The minimum absolute atomic E-state index is 0.235. The number of urea groups is 1. The van der Waals surface area contributed by atoms with E-state index in [4.69, 9.17) is 0 Å². The fourth-order valence-electron chi connectivity index (χ4n) is 4.18. The van der Waals surface area contributed by atoms with Crippen LogP contribution in [0.1, 0.15) is 63.5 Å². The molecule has 0 radical (unpaired) electrons. The van der Waals surface area contributed by atoms with Crippen molar-refractivity contribution in [2.75, 3.05) is 13.1 Å². The monoisotopic (exact) mass is 385 g/mol. The lowest BCUT2D eigenvalue weighted by Crippen LogP contribution is -2.44. The number of amides is 4. The van der Waals surface area contributed by atoms with Crippen LogP contribution in [-0.2, 0) is 21.5 Å². The maximum absolute atomic E-state index is 13.0. The van der Waals surface area contributed by atoms with E-state index in [0.29, 0.717) is 12.5 Å². The number of hydrogen-bond donors (Lipinski definition) is 2. The summed E-state index contributed by atoms with van der Waals surface area (Å²) >= 11 is 0. The van der Waals surface area contributed by atoms with Gasteiger partial charge in [0.1, 0.15) is 12.1 Å². The van der Waals surface area contributed by atoms with Crippen molar-refractivity contribution in [3.05, 3.63) is 35.4 Å². The Labute approximate surface area is 167 Å². The molecule has 1 saturated heterocycles. The van der Waals surface area contributed by atoms with Gasteiger partial charge in [-0.2, -0.15) is 0 Å². The number of carbonyl (C=O) groups excluding carboxylic acids is 3. The topological polar surface area (TPSA) is 78.5 Å². The van der Waals surface area contributed by atoms with Gasteiger partial charge >= 0.3 is 6.03 Å². The number of aryl methyl sites for hydroxylation is 1. The number of rotatable bonds is 7. The molecule has 2 aliphatic rings. The molecule has 1 atom stereocenters. The molecule has 1 saturated carbocycles. The number of nitrogens with one attached hydrogen (secondary N) is 2. The molecule has 2 fully saturated rings. The van der Waals surface area contributed by atoms with E-state index in [1.54, 1.807) is 6.92 Å². The van der Waals surface area contributed by atoms with Gasteiger partial charge < -0.3 is 10.6 Å². The zero-order valence-electron chi connectivity index (χ0n) is 16.9. The summed E-state index contributed by atoms with van der Waals surface area (Å²) < 4.78 is 0. The molecule has 0 spiro atoms. The molecule has 1 aliphatic heterocycles. The van der Waals surface area contributed by atoms with Crippen LogP contribution >= 0.6 is 0 Å². The number of hydrogen-bond acceptors (Lipinski definition) is 3. The van der Waals surface area contributed by atoms with Crippen LogP contribution in [0.3, 0.4) is 0 Å². The quantitative estimate of drug-likeness (QED) is 0.708. The van der Waals surface area contributed by atoms with Crippen LogP contribution in [-0.4, -0.2) is 35.8 Å². The second kappa shape index (κ2) is 8.76. The second-order valence-electron chi connectivity index (χ2n) is 8.20. The molecule has 28 heavy (non-hydrogen) atoms. The Kier molecular flexibility index (Phi) is 6.37. The van der Waals surface area contributed by atoms with Gasteiger partial charge in [0, 0.05) is 6.54 Å². The van der Waals surface area contributed by atoms with Crippen molar-refractivity contribution < 1.29 is 14.4 Å². The van der Waals surface area contributed by atoms with E-state index in [0.717, 1.165) is 36.1 Å². The third kappa shape index (κ3) is 4.37. The molecule has 1 aliphatic carbocycles. The summed E-state index contributed by atoms with van der Waals surface area (Å²) in [5.74, 6) is -0.155. The maximum Gasteiger partial charge on any atom is 0.325 e. The van der Waals surface area contributed by atoms with Crippen molar-refractivity contribution >= 4 is 17.8 Å². The summed E-state index contributed by atoms with van der Waals surface area (Å²) in [5.41, 5.74) is 0.798. The molecule has 4 amide bonds. The first kappa shape index (κ1) is 20.4. The standard InChI is InChI=1S/C22H31N3O3/c1-3-7-16-10-12-18(13-11-16)22(2)20(27)25(21(28)24-22)15-19(26)23-14-17-8-5-4-6-9-17/h10-13,17H,3-9,14-15H2,1-2H3,(H,23,26)(H,24,28). The Balaban J connectivity index is 1.61. The van der Waals surface area contributed by atoms with Gasteiger partial charge in [0.25, 0.3) is 5.91 Å². The maximum atomic E-state index is 13.0. The average Bonchev–Trinajstić information content (AvgIpc) is 2.92. The van der Waals surface area contributed by atoms with Gasteiger partial charge in [-0.15, -0.1) is 0 Å². The van der Waals surface area contributed by atoms with Crippen molar-refractivity contribution in [3.63, 3.8) is 0 Å². The molecule has 0 bridgehead atoms. The van der Waals surface area contributed by atoms with Crippen LogP contribution in [0.15, 0.2) is 24.3 Å². The Morgan fingerprint density at radius 2 is 1.86 bits per heavy atom. The van der Waals surface area contributed by atoms with Crippen molar-refractivity contribution in [2.24, 2.45) is 5.92 Å². The molecule has 1 unspecified atom stereocenters. The second-order valence-corrected chi connectivity index (χ2v) is 8.20. The lowest BCUT2D eigenvalue weighted by Gasteiger charge is -2.23. The highest BCUT2D eigenvalue weighted by molar-refractivity contribution is 6.09. The van der Waals surface area contributed by atoms with E-state index >= 15 is 0 Å². The van der Waals surface area contributed by atoms with E-state index in [9.17, 15) is 14.4 Å². The van der Waals surface area contributed by atoms with Gasteiger partial charge in [0.15, 0.2) is 0 Å². The van der Waals surface area contributed by atoms with Crippen LogP contribution in [0, 0.1) is 5.92 Å². The summed E-state index contributed by atoms with van der Waals surface area (Å²) in [7, 11) is 0. The van der Waals surface area contributed by atoms with Crippen molar-refractivity contribution in [2.45, 2.75) is 64.3 Å². The Hall–Kier alpha value is -2.37. The smallest absolute Gasteiger partial charge is 0.325 e. The largest absolute Gasteiger partial charge is 0.354 e. The predicted octanol–water partition coefficient (Wildman–Crippen LogP) is 3.10. The SMILES string of the molecule is CCCc1ccc(C2(C)NC(=O)N(CC(=O)NCC3CCCCC3)C2=O)cc1. The van der Waals surface area contributed by atoms with Gasteiger partial charge in [-0.25, -0.2) is 4.79 Å². The zero-order valence-corrected chi connectivity index (χ0v) is 16.9. The summed E-state index contributed by atoms with van der Waals surface area (Å²) in [4.78, 5) is 38.7. The van der Waals surface area contributed by atoms with E-state index in [1.807, 2.05) is 24.3 Å². The van der Waals surface area contributed by atoms with Crippen LogP contribution in [0.4, 0.5) is 4.79 Å². The summed E-state index contributed by atoms with van der Waals surface area (Å²) in [6.45, 7) is 4.20. The third-order valence-corrected chi connectivity index (χ3v) is 5.96. The lowest BCUT2D eigenvalue weighted by molar-refractivity contribution is -0.134. The van der Waals surface area contributed by atoms with Gasteiger partial charge in [0.2, 0.25) is 5.91 Å². The molecule has 3 rings (SSSR count). The predicted molar refractivity (Wildman–Crippen MR) is 108 cm³/mol. The van der Waals surface area contributed by atoms with Crippen molar-refractivity contribution in [1.29, 1.82) is 0 Å². The Bertz CT molecular complexity index is 725. The zero-order chi connectivity index (χ0) is 20.1. The van der Waals surface area contributed by atoms with E-state index in [1.165, 1.54) is 24.8 Å². The molecule has 0 aromatic heterocycles. The van der Waals surface area contributed by atoms with Gasteiger partial charge in [-0.05, 0) is 43.2 Å². The number of nitrogens with zero attached hydrogens (tertiary/aromatic N) is 1. The first-order valence-corrected chi connectivity index (χ1v) is 10.4. The Morgan fingerprint density at radius 3 is 2.50 bits per heavy atom. The lowest BCUT2D eigenvalue weighted by atomic mass is 9.89. The van der Waals surface area contributed by atoms with Gasteiger partial charge in [0.05, 0.1) is 0 Å². The highest BCUT2D eigenvalue weighted by Crippen LogP contribution is 2.29. The molecule has 2 N–H and O–H groups in total. The highest BCUT2D eigenvalue weighted by atomic mass is 16.2. The van der Waals surface area contributed by atoms with E-state index in [2.05, 4.69) is 17.6 Å². The van der Waals surface area contributed by atoms with Crippen LogP contribution < -0.4 is 10.6 Å². The molecular formula is C22H31N3O3. The fraction of sp³-hybridized carbons (Fsp3) is 0.591. The highest BCUT2D eigenvalue weighted by Gasteiger charge is 2.49. The van der Waals surface area contributed by atoms with Crippen molar-refractivity contribution in [3.8, 4) is 0 Å². The normalized spacial score (nSPS) is 23.0. The Morgan fingerprint density at radius 1 is 1.18 bits per heavy atom. The number of imide groups is 1. The molecule has 1 aromatic rings. The number of carbonyl (C=O) groups is 3. The molecule has 1 aromatic carbocycles. The van der Waals surface area contributed by atoms with Crippen LogP contribution in [0.5, 0.6) is 0 Å². The summed E-state index contributed by atoms with van der Waals surface area (Å²) in [6.07, 6.45) is 7.99. The molecule has 152 valence electrons. The molecule has 1 heterocycles. The van der Waals surface area contributed by atoms with Gasteiger partial charge in [-0.1, -0.05) is 56.9 Å². The van der Waals surface area contributed by atoms with E-state index < -0.39 is 11.6 Å². The first-order chi connectivity index (χ1) is 13.4. The van der Waals surface area contributed by atoms with E-state index in [-0.39, 0.29) is 18.4 Å². The van der Waals surface area contributed by atoms with Gasteiger partial charge in [-0.3, -0.25) is 14.5 Å². The minimum Gasteiger partial charge on any atom is -0.354 e. The van der Waals surface area contributed by atoms with Crippen LogP contribution in [0.2, 0.25) is 0 Å². The number of benzene rings is 1. The average molecular weight is 386 g/mol. The fourth-order valence-corrected chi connectivity index (χ4v) is 4.18.